The Morgan fingerprint density at radius 3 is 2.65 bits per heavy atom. The van der Waals surface area contributed by atoms with Crippen LogP contribution < -0.4 is 11.1 Å². The van der Waals surface area contributed by atoms with Crippen LogP contribution in [0.5, 0.6) is 0 Å². The number of aliphatic imine (C=N–C) groups is 1. The van der Waals surface area contributed by atoms with Gasteiger partial charge in [0.25, 0.3) is 0 Å². The number of amidine groups is 1. The fourth-order valence-electron chi connectivity index (χ4n) is 0.988. The van der Waals surface area contributed by atoms with Gasteiger partial charge in [0.1, 0.15) is 10.7 Å². The van der Waals surface area contributed by atoms with E-state index in [4.69, 9.17) is 5.73 Å². The zero-order chi connectivity index (χ0) is 13.1. The first-order valence-corrected chi connectivity index (χ1v) is 5.35. The van der Waals surface area contributed by atoms with Crippen molar-refractivity contribution in [1.82, 2.24) is 5.32 Å². The van der Waals surface area contributed by atoms with Gasteiger partial charge >= 0.3 is 12.2 Å². The highest BCUT2D eigenvalue weighted by molar-refractivity contribution is 7.12. The van der Waals surface area contributed by atoms with Crippen LogP contribution in [0.15, 0.2) is 17.1 Å². The second kappa shape index (κ2) is 5.17. The quantitative estimate of drug-likeness (QED) is 0.636. The minimum Gasteiger partial charge on any atom is -0.387 e. The first-order valence-electron chi connectivity index (χ1n) is 4.53. The van der Waals surface area contributed by atoms with E-state index in [-0.39, 0.29) is 12.4 Å². The van der Waals surface area contributed by atoms with Crippen molar-refractivity contribution < 1.29 is 18.0 Å². The molecule has 1 rings (SSSR count). The molecule has 0 aliphatic heterocycles. The van der Waals surface area contributed by atoms with Crippen molar-refractivity contribution in [1.29, 1.82) is 0 Å². The number of nitrogens with zero attached hydrogens (tertiary/aromatic N) is 1. The Bertz CT molecular complexity index is 435. The number of rotatable bonds is 2. The summed E-state index contributed by atoms with van der Waals surface area (Å²) in [6.07, 6.45) is -4.35. The summed E-state index contributed by atoms with van der Waals surface area (Å²) in [5.41, 5.74) is 5.17. The summed E-state index contributed by atoms with van der Waals surface area (Å²) in [5.74, 6) is 0.0876. The Hall–Kier alpha value is -1.57. The van der Waals surface area contributed by atoms with Crippen molar-refractivity contribution in [2.45, 2.75) is 19.6 Å². The third-order valence-corrected chi connectivity index (χ3v) is 2.76. The van der Waals surface area contributed by atoms with E-state index in [9.17, 15) is 18.0 Å². The molecule has 0 aromatic carbocycles. The molecule has 0 saturated carbocycles. The molecule has 1 aromatic rings. The number of carbonyl (C=O) groups excluding carboxylic acids is 1. The molecule has 0 atom stereocenters. The van der Waals surface area contributed by atoms with E-state index in [1.54, 1.807) is 0 Å². The van der Waals surface area contributed by atoms with E-state index in [0.29, 0.717) is 16.2 Å². The zero-order valence-electron chi connectivity index (χ0n) is 8.84. The summed E-state index contributed by atoms with van der Waals surface area (Å²) in [4.78, 5) is 14.1. The lowest BCUT2D eigenvalue weighted by Crippen LogP contribution is -2.21. The second-order valence-corrected chi connectivity index (χ2v) is 4.34. The molecule has 8 heteroatoms. The monoisotopic (exact) mass is 265 g/mol. The first kappa shape index (κ1) is 13.5. The number of hydrogen-bond donors (Lipinski definition) is 2. The molecule has 3 N–H and O–H groups in total. The molecule has 0 radical (unpaired) electrons. The maximum atomic E-state index is 12.3. The number of nitrogens with two attached hydrogens (primary N) is 1. The summed E-state index contributed by atoms with van der Waals surface area (Å²) >= 11 is 0.581. The second-order valence-electron chi connectivity index (χ2n) is 3.18. The van der Waals surface area contributed by atoms with Gasteiger partial charge in [-0.15, -0.1) is 11.3 Å². The van der Waals surface area contributed by atoms with Gasteiger partial charge in [0.15, 0.2) is 0 Å². The number of amides is 2. The average molecular weight is 265 g/mol. The van der Waals surface area contributed by atoms with E-state index >= 15 is 0 Å². The molecule has 0 spiro atoms. The fourth-order valence-corrected chi connectivity index (χ4v) is 1.80. The number of alkyl halides is 3. The fraction of sp³-hybridized carbons (Fsp3) is 0.333. The molecule has 0 aliphatic rings. The highest BCUT2D eigenvalue weighted by Gasteiger charge is 2.32. The molecule has 0 fully saturated rings. The Kier molecular flexibility index (Phi) is 4.11. The number of hydrogen-bond acceptors (Lipinski definition) is 2. The van der Waals surface area contributed by atoms with E-state index in [1.165, 1.54) is 13.0 Å². The lowest BCUT2D eigenvalue weighted by atomic mass is 10.4. The van der Waals surface area contributed by atoms with E-state index < -0.39 is 17.1 Å². The molecular formula is C9H10F3N3OS. The minimum absolute atomic E-state index is 0.00361. The molecule has 1 heterocycles. The smallest absolute Gasteiger partial charge is 0.387 e. The maximum absolute atomic E-state index is 12.3. The highest BCUT2D eigenvalue weighted by Crippen LogP contribution is 2.34. The SMILES string of the molecule is CC(N)=NC(=O)NCc1ccc(C(F)(F)F)s1. The van der Waals surface area contributed by atoms with Crippen LogP contribution in [0.2, 0.25) is 0 Å². The Morgan fingerprint density at radius 2 is 2.18 bits per heavy atom. The van der Waals surface area contributed by atoms with Crippen LogP contribution in [-0.4, -0.2) is 11.9 Å². The molecule has 2 amide bonds. The average Bonchev–Trinajstić information content (AvgIpc) is 2.61. The molecule has 0 saturated heterocycles. The van der Waals surface area contributed by atoms with Crippen LogP contribution in [0.1, 0.15) is 16.7 Å². The van der Waals surface area contributed by atoms with Crippen molar-refractivity contribution in [2.75, 3.05) is 0 Å². The van der Waals surface area contributed by atoms with Gasteiger partial charge in [0, 0.05) is 4.88 Å². The van der Waals surface area contributed by atoms with Gasteiger partial charge in [-0.2, -0.15) is 18.2 Å². The summed E-state index contributed by atoms with van der Waals surface area (Å²) in [5, 5.41) is 2.33. The zero-order valence-corrected chi connectivity index (χ0v) is 9.65. The summed E-state index contributed by atoms with van der Waals surface area (Å²) in [7, 11) is 0. The van der Waals surface area contributed by atoms with Gasteiger partial charge in [-0.3, -0.25) is 0 Å². The van der Waals surface area contributed by atoms with Crippen molar-refractivity contribution in [3.63, 3.8) is 0 Å². The number of nitrogens with one attached hydrogen (secondary N) is 1. The van der Waals surface area contributed by atoms with Gasteiger partial charge in [0.2, 0.25) is 0 Å². The molecule has 1 aromatic heterocycles. The van der Waals surface area contributed by atoms with Crippen LogP contribution in [0.25, 0.3) is 0 Å². The topological polar surface area (TPSA) is 67.5 Å². The van der Waals surface area contributed by atoms with Crippen LogP contribution >= 0.6 is 11.3 Å². The van der Waals surface area contributed by atoms with Crippen molar-refractivity contribution in [3.05, 3.63) is 21.9 Å². The third-order valence-electron chi connectivity index (χ3n) is 1.63. The molecule has 0 aliphatic carbocycles. The van der Waals surface area contributed by atoms with E-state index in [1.807, 2.05) is 0 Å². The number of urea groups is 1. The molecule has 17 heavy (non-hydrogen) atoms. The molecular weight excluding hydrogens is 255 g/mol. The molecule has 94 valence electrons. The molecule has 0 bridgehead atoms. The van der Waals surface area contributed by atoms with Gasteiger partial charge in [-0.05, 0) is 19.1 Å². The number of halogens is 3. The van der Waals surface area contributed by atoms with Crippen LogP contribution in [0, 0.1) is 0 Å². The summed E-state index contributed by atoms with van der Waals surface area (Å²) in [6, 6.07) is 1.61. The Balaban J connectivity index is 2.57. The van der Waals surface area contributed by atoms with Crippen LogP contribution in [-0.2, 0) is 12.7 Å². The predicted molar refractivity (Wildman–Crippen MR) is 58.9 cm³/mol. The van der Waals surface area contributed by atoms with E-state index in [0.717, 1.165) is 6.07 Å². The van der Waals surface area contributed by atoms with Crippen LogP contribution in [0.3, 0.4) is 0 Å². The summed E-state index contributed by atoms with van der Waals surface area (Å²) in [6.45, 7) is 1.43. The molecule has 4 nitrogen and oxygen atoms in total. The number of carbonyl (C=O) groups is 1. The van der Waals surface area contributed by atoms with Crippen LogP contribution in [0.4, 0.5) is 18.0 Å². The van der Waals surface area contributed by atoms with Gasteiger partial charge in [-0.25, -0.2) is 4.79 Å². The number of thiophene rings is 1. The Morgan fingerprint density at radius 1 is 1.53 bits per heavy atom. The van der Waals surface area contributed by atoms with Gasteiger partial charge in [0.05, 0.1) is 6.54 Å². The minimum atomic E-state index is -4.35. The maximum Gasteiger partial charge on any atom is 0.425 e. The predicted octanol–water partition coefficient (Wildman–Crippen LogP) is 2.35. The first-order chi connectivity index (χ1) is 7.79. The van der Waals surface area contributed by atoms with Crippen molar-refractivity contribution in [2.24, 2.45) is 10.7 Å². The van der Waals surface area contributed by atoms with Gasteiger partial charge < -0.3 is 11.1 Å². The largest absolute Gasteiger partial charge is 0.425 e. The Labute approximate surface area is 99.3 Å². The highest BCUT2D eigenvalue weighted by atomic mass is 32.1. The van der Waals surface area contributed by atoms with Gasteiger partial charge in [-0.1, -0.05) is 0 Å². The van der Waals surface area contributed by atoms with E-state index in [2.05, 4.69) is 10.3 Å². The lowest BCUT2D eigenvalue weighted by Gasteiger charge is -2.01. The lowest BCUT2D eigenvalue weighted by molar-refractivity contribution is -0.134. The van der Waals surface area contributed by atoms with Crippen molar-refractivity contribution in [3.8, 4) is 0 Å². The van der Waals surface area contributed by atoms with Crippen molar-refractivity contribution >= 4 is 23.2 Å². The third kappa shape index (κ3) is 4.43. The summed E-state index contributed by atoms with van der Waals surface area (Å²) < 4.78 is 36.8. The standard InChI is InChI=1S/C9H10F3N3OS/c1-5(13)15-8(16)14-4-6-2-3-7(17-6)9(10,11)12/h2-3H,4H2,1H3,(H3,13,14,15,16). The normalized spacial score (nSPS) is 12.6. The molecule has 0 unspecified atom stereocenters.